The van der Waals surface area contributed by atoms with Gasteiger partial charge < -0.3 is 4.74 Å². The molecule has 0 radical (unpaired) electrons. The summed E-state index contributed by atoms with van der Waals surface area (Å²) < 4.78 is 5.50. The van der Waals surface area contributed by atoms with E-state index in [1.165, 1.54) is 0 Å². The van der Waals surface area contributed by atoms with Gasteiger partial charge in [-0.3, -0.25) is 4.79 Å². The fraction of sp³-hybridized carbons (Fsp3) is 0.179. The molecule has 0 aliphatic rings. The quantitative estimate of drug-likeness (QED) is 0.284. The third-order valence-corrected chi connectivity index (χ3v) is 5.62. The molecule has 0 saturated heterocycles. The maximum Gasteiger partial charge on any atom is 0.339 e. The SMILES string of the molecule is Cc1ccc(C(=O)COC(=O)c2c(C)c(-c3ccc(C)cc3)nc3ccc(C)cc23)cc1. The summed E-state index contributed by atoms with van der Waals surface area (Å²) in [5.41, 5.74) is 7.33. The van der Waals surface area contributed by atoms with Crippen LogP contribution < -0.4 is 0 Å². The molecule has 0 aliphatic carbocycles. The van der Waals surface area contributed by atoms with Crippen LogP contribution in [0.15, 0.2) is 66.7 Å². The first-order valence-corrected chi connectivity index (χ1v) is 10.6. The molecule has 0 aliphatic heterocycles. The van der Waals surface area contributed by atoms with E-state index in [9.17, 15) is 9.59 Å². The minimum atomic E-state index is -0.519. The standard InChI is InChI=1S/C28H25NO3/c1-17-5-10-21(11-6-17)25(30)16-32-28(31)26-20(4)27(22-12-7-18(2)8-13-22)29-24-14-9-19(3)15-23(24)26/h5-15H,16H2,1-4H3. The molecule has 0 amide bonds. The van der Waals surface area contributed by atoms with Crippen LogP contribution in [0.3, 0.4) is 0 Å². The van der Waals surface area contributed by atoms with Gasteiger partial charge in [-0.2, -0.15) is 0 Å². The minimum absolute atomic E-state index is 0.232. The highest BCUT2D eigenvalue weighted by molar-refractivity contribution is 6.07. The van der Waals surface area contributed by atoms with Gasteiger partial charge in [0, 0.05) is 16.5 Å². The number of ether oxygens (including phenoxy) is 1. The molecule has 0 saturated carbocycles. The Kier molecular flexibility index (Phi) is 5.87. The van der Waals surface area contributed by atoms with Crippen molar-refractivity contribution in [3.05, 3.63) is 100 Å². The minimum Gasteiger partial charge on any atom is -0.454 e. The van der Waals surface area contributed by atoms with Gasteiger partial charge in [0.1, 0.15) is 0 Å². The van der Waals surface area contributed by atoms with Gasteiger partial charge in [-0.1, -0.05) is 71.3 Å². The summed E-state index contributed by atoms with van der Waals surface area (Å²) in [4.78, 5) is 30.6. The number of fused-ring (bicyclic) bond motifs is 1. The molecule has 0 unspecified atom stereocenters. The van der Waals surface area contributed by atoms with Crippen LogP contribution in [0.5, 0.6) is 0 Å². The van der Waals surface area contributed by atoms with Crippen molar-refractivity contribution in [1.82, 2.24) is 4.98 Å². The second-order valence-corrected chi connectivity index (χ2v) is 8.21. The van der Waals surface area contributed by atoms with E-state index in [0.717, 1.165) is 38.9 Å². The maximum atomic E-state index is 13.2. The van der Waals surface area contributed by atoms with Gasteiger partial charge in [0.05, 0.1) is 16.8 Å². The van der Waals surface area contributed by atoms with Crippen molar-refractivity contribution in [3.8, 4) is 11.3 Å². The molecule has 1 heterocycles. The fourth-order valence-electron chi connectivity index (χ4n) is 3.75. The lowest BCUT2D eigenvalue weighted by molar-refractivity contribution is 0.0476. The van der Waals surface area contributed by atoms with Crippen molar-refractivity contribution in [2.45, 2.75) is 27.7 Å². The molecule has 1 aromatic heterocycles. The van der Waals surface area contributed by atoms with Crippen LogP contribution in [-0.4, -0.2) is 23.3 Å². The summed E-state index contributed by atoms with van der Waals surface area (Å²) >= 11 is 0. The molecular weight excluding hydrogens is 398 g/mol. The van der Waals surface area contributed by atoms with Crippen molar-refractivity contribution in [2.24, 2.45) is 0 Å². The molecular formula is C28H25NO3. The number of carbonyl (C=O) groups excluding carboxylic acids is 2. The summed E-state index contributed by atoms with van der Waals surface area (Å²) in [7, 11) is 0. The van der Waals surface area contributed by atoms with Crippen molar-refractivity contribution in [1.29, 1.82) is 0 Å². The molecule has 4 nitrogen and oxygen atoms in total. The lowest BCUT2D eigenvalue weighted by atomic mass is 9.96. The van der Waals surface area contributed by atoms with Gasteiger partial charge in [-0.05, 0) is 45.4 Å². The lowest BCUT2D eigenvalue weighted by Gasteiger charge is -2.15. The first-order chi connectivity index (χ1) is 15.3. The molecule has 3 aromatic carbocycles. The Morgan fingerprint density at radius 2 is 1.38 bits per heavy atom. The summed E-state index contributed by atoms with van der Waals surface area (Å²) in [6.45, 7) is 7.53. The predicted octanol–water partition coefficient (Wildman–Crippen LogP) is 6.18. The average Bonchev–Trinajstić information content (AvgIpc) is 2.78. The average molecular weight is 424 g/mol. The number of hydrogen-bond donors (Lipinski definition) is 0. The van der Waals surface area contributed by atoms with Crippen molar-refractivity contribution < 1.29 is 14.3 Å². The Morgan fingerprint density at radius 3 is 2.03 bits per heavy atom. The van der Waals surface area contributed by atoms with E-state index < -0.39 is 5.97 Å². The monoisotopic (exact) mass is 423 g/mol. The van der Waals surface area contributed by atoms with Crippen LogP contribution in [0, 0.1) is 27.7 Å². The van der Waals surface area contributed by atoms with E-state index in [4.69, 9.17) is 9.72 Å². The second-order valence-electron chi connectivity index (χ2n) is 8.21. The van der Waals surface area contributed by atoms with Crippen LogP contribution in [0.4, 0.5) is 0 Å². The second kappa shape index (κ2) is 8.75. The summed E-state index contributed by atoms with van der Waals surface area (Å²) in [6.07, 6.45) is 0. The third-order valence-electron chi connectivity index (χ3n) is 5.62. The highest BCUT2D eigenvalue weighted by atomic mass is 16.5. The highest BCUT2D eigenvalue weighted by Crippen LogP contribution is 2.31. The Morgan fingerprint density at radius 1 is 0.781 bits per heavy atom. The van der Waals surface area contributed by atoms with Gasteiger partial charge in [-0.25, -0.2) is 9.78 Å². The first-order valence-electron chi connectivity index (χ1n) is 10.6. The summed E-state index contributed by atoms with van der Waals surface area (Å²) in [5.74, 6) is -0.751. The summed E-state index contributed by atoms with van der Waals surface area (Å²) in [6, 6.07) is 21.1. The first kappa shape index (κ1) is 21.4. The van der Waals surface area contributed by atoms with Crippen LogP contribution in [0.25, 0.3) is 22.2 Å². The topological polar surface area (TPSA) is 56.3 Å². The number of benzene rings is 3. The molecule has 4 aromatic rings. The zero-order valence-electron chi connectivity index (χ0n) is 18.7. The Balaban J connectivity index is 1.72. The number of nitrogens with zero attached hydrogens (tertiary/aromatic N) is 1. The third kappa shape index (κ3) is 4.30. The van der Waals surface area contributed by atoms with Gasteiger partial charge in [0.2, 0.25) is 0 Å². The fourth-order valence-corrected chi connectivity index (χ4v) is 3.75. The van der Waals surface area contributed by atoms with E-state index >= 15 is 0 Å². The van der Waals surface area contributed by atoms with E-state index in [1.54, 1.807) is 12.1 Å². The van der Waals surface area contributed by atoms with Crippen LogP contribution in [-0.2, 0) is 4.74 Å². The number of aryl methyl sites for hydroxylation is 3. The summed E-state index contributed by atoms with van der Waals surface area (Å²) in [5, 5.41) is 0.728. The van der Waals surface area contributed by atoms with Crippen LogP contribution >= 0.6 is 0 Å². The number of Topliss-reactive ketones (excluding diaryl/α,β-unsaturated/α-hetero) is 1. The number of rotatable bonds is 5. The molecule has 32 heavy (non-hydrogen) atoms. The predicted molar refractivity (Wildman–Crippen MR) is 127 cm³/mol. The molecule has 0 bridgehead atoms. The van der Waals surface area contributed by atoms with E-state index in [1.807, 2.05) is 82.3 Å². The number of hydrogen-bond acceptors (Lipinski definition) is 4. The maximum absolute atomic E-state index is 13.2. The zero-order valence-corrected chi connectivity index (χ0v) is 18.7. The highest BCUT2D eigenvalue weighted by Gasteiger charge is 2.21. The molecule has 4 rings (SSSR count). The van der Waals surface area contributed by atoms with Crippen molar-refractivity contribution >= 4 is 22.7 Å². The number of aromatic nitrogens is 1. The van der Waals surface area contributed by atoms with Gasteiger partial charge in [0.15, 0.2) is 12.4 Å². The Bertz CT molecular complexity index is 1320. The molecule has 0 N–H and O–H groups in total. The number of ketones is 1. The van der Waals surface area contributed by atoms with Gasteiger partial charge in [-0.15, -0.1) is 0 Å². The number of pyridine rings is 1. The zero-order chi connectivity index (χ0) is 22.8. The largest absolute Gasteiger partial charge is 0.454 e. The lowest BCUT2D eigenvalue weighted by Crippen LogP contribution is -2.16. The van der Waals surface area contributed by atoms with E-state index in [-0.39, 0.29) is 12.4 Å². The van der Waals surface area contributed by atoms with Gasteiger partial charge in [0.25, 0.3) is 0 Å². The molecule has 0 atom stereocenters. The molecule has 4 heteroatoms. The van der Waals surface area contributed by atoms with Crippen molar-refractivity contribution in [2.75, 3.05) is 6.61 Å². The number of carbonyl (C=O) groups is 2. The molecule has 0 fully saturated rings. The number of esters is 1. The van der Waals surface area contributed by atoms with Crippen LogP contribution in [0.1, 0.15) is 43.0 Å². The molecule has 0 spiro atoms. The smallest absolute Gasteiger partial charge is 0.339 e. The molecule has 160 valence electrons. The van der Waals surface area contributed by atoms with Crippen molar-refractivity contribution in [3.63, 3.8) is 0 Å². The van der Waals surface area contributed by atoms with Crippen LogP contribution in [0.2, 0.25) is 0 Å². The van der Waals surface area contributed by atoms with E-state index in [2.05, 4.69) is 0 Å². The Labute approximate surface area is 187 Å². The van der Waals surface area contributed by atoms with Gasteiger partial charge >= 0.3 is 5.97 Å². The Hall–Kier alpha value is -3.79. The van der Waals surface area contributed by atoms with E-state index in [0.29, 0.717) is 16.6 Å². The normalized spacial score (nSPS) is 10.9.